The Morgan fingerprint density at radius 3 is 1.62 bits per heavy atom. The van der Waals surface area contributed by atoms with Crippen LogP contribution in [0.4, 0.5) is 0 Å². The van der Waals surface area contributed by atoms with Gasteiger partial charge in [0.1, 0.15) is 6.04 Å². The summed E-state index contributed by atoms with van der Waals surface area (Å²) >= 11 is 1.04. The van der Waals surface area contributed by atoms with Gasteiger partial charge in [-0.25, -0.2) is 9.59 Å². The Morgan fingerprint density at radius 2 is 1.22 bits per heavy atom. The third-order valence-electron chi connectivity index (χ3n) is 5.84. The molecule has 0 aliphatic rings. The van der Waals surface area contributed by atoms with Gasteiger partial charge in [0.15, 0.2) is 6.04 Å². The molecule has 0 aliphatic carbocycles. The second-order valence-electron chi connectivity index (χ2n) is 9.30. The van der Waals surface area contributed by atoms with Crippen LogP contribution in [0.25, 0.3) is 0 Å². The van der Waals surface area contributed by atoms with Gasteiger partial charge in [0.2, 0.25) is 11.8 Å². The lowest BCUT2D eigenvalue weighted by Gasteiger charge is -2.23. The van der Waals surface area contributed by atoms with Gasteiger partial charge in [-0.3, -0.25) is 14.4 Å². The molecule has 2 amide bonds. The van der Waals surface area contributed by atoms with Crippen LogP contribution in [-0.2, 0) is 24.0 Å². The molecule has 0 saturated carbocycles. The Bertz CT molecular complexity index is 718. The smallest absolute Gasteiger partial charge is 0.328 e. The number of hydrogen-bond acceptors (Lipinski definition) is 7. The molecule has 6 N–H and O–H groups in total. The first-order chi connectivity index (χ1) is 17.5. The van der Waals surface area contributed by atoms with Crippen LogP contribution in [0.3, 0.4) is 0 Å². The molecular weight excluding hydrogens is 504 g/mol. The highest BCUT2D eigenvalue weighted by Gasteiger charge is 2.30. The summed E-state index contributed by atoms with van der Waals surface area (Å²) in [5.41, 5.74) is 0. The number of carbonyl (C=O) groups excluding carboxylic acids is 2. The fourth-order valence-corrected chi connectivity index (χ4v) is 4.96. The first-order valence-electron chi connectivity index (χ1n) is 13.0. The first kappa shape index (κ1) is 34.7. The lowest BCUT2D eigenvalue weighted by atomic mass is 10.0. The van der Waals surface area contributed by atoms with Gasteiger partial charge < -0.3 is 31.1 Å². The van der Waals surface area contributed by atoms with Crippen LogP contribution >= 0.6 is 11.8 Å². The minimum atomic E-state index is -1.47. The zero-order valence-electron chi connectivity index (χ0n) is 21.9. The molecule has 0 rings (SSSR count). The second-order valence-corrected chi connectivity index (χ2v) is 10.5. The number of rotatable bonds is 23. The lowest BCUT2D eigenvalue weighted by Crippen LogP contribution is -2.50. The highest BCUT2D eigenvalue weighted by molar-refractivity contribution is 8.00. The fourth-order valence-electron chi connectivity index (χ4n) is 3.75. The Hall–Kier alpha value is -2.34. The van der Waals surface area contributed by atoms with Crippen LogP contribution < -0.4 is 10.6 Å². The van der Waals surface area contributed by atoms with Crippen molar-refractivity contribution in [2.75, 3.05) is 5.75 Å². The average Bonchev–Trinajstić information content (AvgIpc) is 2.80. The molecule has 214 valence electrons. The maximum absolute atomic E-state index is 12.8. The van der Waals surface area contributed by atoms with Crippen LogP contribution in [0, 0.1) is 0 Å². The molecule has 0 radical (unpaired) electrons. The molecule has 0 aliphatic heterocycles. The normalized spacial score (nSPS) is 14.2. The number of aliphatic hydroxyl groups is 1. The van der Waals surface area contributed by atoms with Crippen LogP contribution in [0.2, 0.25) is 0 Å². The molecule has 12 heteroatoms. The van der Waals surface area contributed by atoms with Crippen molar-refractivity contribution in [2.45, 2.75) is 121 Å². The number of thioether (sulfide) groups is 1. The van der Waals surface area contributed by atoms with Gasteiger partial charge in [0, 0.05) is 19.1 Å². The number of unbranched alkanes of at least 4 members (excludes halogenated alkanes) is 10. The van der Waals surface area contributed by atoms with Crippen molar-refractivity contribution < 1.29 is 44.4 Å². The monoisotopic (exact) mass is 548 g/mol. The van der Waals surface area contributed by atoms with Crippen LogP contribution in [0.5, 0.6) is 0 Å². The quantitative estimate of drug-likeness (QED) is 0.104. The van der Waals surface area contributed by atoms with Crippen molar-refractivity contribution in [3.8, 4) is 0 Å². The molecule has 0 aromatic carbocycles. The molecule has 1 unspecified atom stereocenters. The summed E-state index contributed by atoms with van der Waals surface area (Å²) in [5, 5.41) is 40.8. The van der Waals surface area contributed by atoms with E-state index in [1.165, 1.54) is 13.8 Å². The molecule has 37 heavy (non-hydrogen) atoms. The Balaban J connectivity index is 4.50. The summed E-state index contributed by atoms with van der Waals surface area (Å²) in [7, 11) is 0. The van der Waals surface area contributed by atoms with Gasteiger partial charge in [0.25, 0.3) is 0 Å². The van der Waals surface area contributed by atoms with E-state index in [4.69, 9.17) is 5.11 Å². The minimum absolute atomic E-state index is 0.0598. The van der Waals surface area contributed by atoms with E-state index in [2.05, 4.69) is 10.6 Å². The van der Waals surface area contributed by atoms with Crippen LogP contribution in [0.1, 0.15) is 97.3 Å². The zero-order chi connectivity index (χ0) is 28.2. The number of amides is 2. The predicted molar refractivity (Wildman–Crippen MR) is 140 cm³/mol. The summed E-state index contributed by atoms with van der Waals surface area (Å²) in [4.78, 5) is 57.3. The van der Waals surface area contributed by atoms with Crippen LogP contribution in [-0.4, -0.2) is 79.3 Å². The molecule has 0 spiro atoms. The maximum atomic E-state index is 12.8. The molecule has 4 atom stereocenters. The number of carbonyl (C=O) groups is 5. The van der Waals surface area contributed by atoms with Gasteiger partial charge in [-0.1, -0.05) is 64.2 Å². The van der Waals surface area contributed by atoms with E-state index < -0.39 is 53.2 Å². The molecule has 11 nitrogen and oxygen atoms in total. The highest BCUT2D eigenvalue weighted by atomic mass is 32.2. The number of aliphatic carboxylic acids is 3. The fraction of sp³-hybridized carbons (Fsp3) is 0.800. The lowest BCUT2D eigenvalue weighted by molar-refractivity contribution is -0.144. The van der Waals surface area contributed by atoms with Crippen molar-refractivity contribution in [3.63, 3.8) is 0 Å². The zero-order valence-corrected chi connectivity index (χ0v) is 22.8. The molecule has 0 fully saturated rings. The van der Waals surface area contributed by atoms with E-state index in [9.17, 15) is 39.3 Å². The van der Waals surface area contributed by atoms with Gasteiger partial charge in [-0.2, -0.15) is 0 Å². The summed E-state index contributed by atoms with van der Waals surface area (Å²) in [6.45, 7) is 2.46. The molecular formula is C25H44N2O9S. The standard InChI is InChI=1S/C25H44N2O9S/c1-17(28)22(25(35)36)27-23(32)20(37-16-19(24(33)34)26-18(2)29)14-12-10-8-6-4-3-5-7-9-11-13-15-21(30)31/h17,19-20,22,28H,3-16H2,1-2H3,(H,26,29)(H,27,32)(H,30,31)(H,33,34)(H,35,36)/t17-,19+,20?,22-/m1/s1. The summed E-state index contributed by atoms with van der Waals surface area (Å²) < 4.78 is 0. The average molecular weight is 549 g/mol. The van der Waals surface area contributed by atoms with Crippen molar-refractivity contribution >= 4 is 41.5 Å². The topological polar surface area (TPSA) is 190 Å². The third kappa shape index (κ3) is 18.5. The van der Waals surface area contributed by atoms with Gasteiger partial charge in [-0.05, 0) is 19.8 Å². The summed E-state index contributed by atoms with van der Waals surface area (Å²) in [6.07, 6.45) is 10.1. The van der Waals surface area contributed by atoms with Crippen LogP contribution in [0.15, 0.2) is 0 Å². The van der Waals surface area contributed by atoms with Gasteiger partial charge in [-0.15, -0.1) is 11.8 Å². The maximum Gasteiger partial charge on any atom is 0.328 e. The van der Waals surface area contributed by atoms with E-state index in [0.717, 1.165) is 76.0 Å². The number of carboxylic acids is 3. The van der Waals surface area contributed by atoms with Crippen molar-refractivity contribution in [1.82, 2.24) is 10.6 Å². The van der Waals surface area contributed by atoms with E-state index in [1.807, 2.05) is 0 Å². The molecule has 0 aromatic heterocycles. The molecule has 0 heterocycles. The number of carboxylic acid groups (broad SMARTS) is 3. The third-order valence-corrected chi connectivity index (χ3v) is 7.21. The van der Waals surface area contributed by atoms with E-state index >= 15 is 0 Å². The number of nitrogens with one attached hydrogen (secondary N) is 2. The summed E-state index contributed by atoms with van der Waals surface area (Å²) in [5.74, 6) is -4.50. The number of hydrogen-bond donors (Lipinski definition) is 6. The van der Waals surface area contributed by atoms with Crippen molar-refractivity contribution in [3.05, 3.63) is 0 Å². The van der Waals surface area contributed by atoms with Crippen molar-refractivity contribution in [1.29, 1.82) is 0 Å². The largest absolute Gasteiger partial charge is 0.481 e. The van der Waals surface area contributed by atoms with Gasteiger partial charge >= 0.3 is 17.9 Å². The minimum Gasteiger partial charge on any atom is -0.481 e. The van der Waals surface area contributed by atoms with Gasteiger partial charge in [0.05, 0.1) is 11.4 Å². The van der Waals surface area contributed by atoms with E-state index in [-0.39, 0.29) is 12.2 Å². The van der Waals surface area contributed by atoms with Crippen molar-refractivity contribution in [2.24, 2.45) is 0 Å². The number of aliphatic hydroxyl groups excluding tert-OH is 1. The van der Waals surface area contributed by atoms with E-state index in [1.54, 1.807) is 0 Å². The Kier molecular flexibility index (Phi) is 19.4. The molecule has 0 bridgehead atoms. The SMILES string of the molecule is CC(=O)N[C@@H](CSC(CCCCCCCCCCCCCC(=O)O)C(=O)N[C@@H](C(=O)O)[C@@H](C)O)C(=O)O. The highest BCUT2D eigenvalue weighted by Crippen LogP contribution is 2.21. The summed E-state index contributed by atoms with van der Waals surface area (Å²) in [6, 6.07) is -2.65. The van der Waals surface area contributed by atoms with E-state index in [0.29, 0.717) is 12.8 Å². The molecule has 0 aromatic rings. The second kappa shape index (κ2) is 20.7. The first-order valence-corrected chi connectivity index (χ1v) is 14.0. The predicted octanol–water partition coefficient (Wildman–Crippen LogP) is 2.78. The Labute approximate surface area is 223 Å². The molecule has 0 saturated heterocycles. The Morgan fingerprint density at radius 1 is 0.730 bits per heavy atom.